The molecule has 1 amide bonds. The van der Waals surface area contributed by atoms with Crippen LogP contribution in [0.15, 0.2) is 12.2 Å². The minimum Gasteiger partial charge on any atom is -0.320 e. The lowest BCUT2D eigenvalue weighted by atomic mass is 10.1. The van der Waals surface area contributed by atoms with Crippen LogP contribution in [0.3, 0.4) is 0 Å². The van der Waals surface area contributed by atoms with Crippen molar-refractivity contribution >= 4 is 23.1 Å². The first-order valence-corrected chi connectivity index (χ1v) is 3.08. The molecule has 1 rings (SSSR count). The average Bonchev–Trinajstić information content (AvgIpc) is 1.59. The lowest BCUT2D eigenvalue weighted by Crippen LogP contribution is -2.33. The summed E-state index contributed by atoms with van der Waals surface area (Å²) in [6.07, 6.45) is 1.10. The summed E-state index contributed by atoms with van der Waals surface area (Å²) in [6, 6.07) is 0. The van der Waals surface area contributed by atoms with Crippen molar-refractivity contribution in [2.75, 3.05) is 0 Å². The normalized spacial score (nSPS) is 19.8. The van der Waals surface area contributed by atoms with Gasteiger partial charge in [-0.15, -0.1) is 0 Å². The third kappa shape index (κ3) is 1.61. The summed E-state index contributed by atoms with van der Waals surface area (Å²) in [5.41, 5.74) is 0.906. The van der Waals surface area contributed by atoms with Crippen LogP contribution in [0.5, 0.6) is 0 Å². The first-order valence-electron chi connectivity index (χ1n) is 2.68. The number of carbonyl (C=O) groups is 1. The summed E-state index contributed by atoms with van der Waals surface area (Å²) >= 11 is 4.77. The maximum atomic E-state index is 10.6. The van der Waals surface area contributed by atoms with Crippen LogP contribution in [0.25, 0.3) is 0 Å². The molecule has 1 aliphatic rings. The molecule has 0 aliphatic carbocycles. The number of amides is 1. The Morgan fingerprint density at radius 3 is 2.67 bits per heavy atom. The van der Waals surface area contributed by atoms with Gasteiger partial charge in [0.1, 0.15) is 0 Å². The second-order valence-corrected chi connectivity index (χ2v) is 2.57. The average molecular weight is 141 g/mol. The highest BCUT2D eigenvalue weighted by Gasteiger charge is 2.13. The molecule has 9 heavy (non-hydrogen) atoms. The molecule has 3 heteroatoms. The van der Waals surface area contributed by atoms with Gasteiger partial charge in [-0.3, -0.25) is 4.79 Å². The monoisotopic (exact) mass is 141 g/mol. The summed E-state index contributed by atoms with van der Waals surface area (Å²) in [4.78, 5) is 11.2. The third-order valence-corrected chi connectivity index (χ3v) is 1.35. The summed E-state index contributed by atoms with van der Waals surface area (Å²) < 4.78 is 0. The Bertz CT molecular complexity index is 140. The van der Waals surface area contributed by atoms with Crippen LogP contribution in [-0.2, 0) is 4.79 Å². The molecule has 1 saturated heterocycles. The van der Waals surface area contributed by atoms with E-state index < -0.39 is 0 Å². The van der Waals surface area contributed by atoms with Crippen LogP contribution in [0.1, 0.15) is 12.8 Å². The molecule has 1 N–H and O–H groups in total. The number of nitrogens with one attached hydrogen (secondary N) is 1. The number of hydrogen-bond donors (Lipinski definition) is 1. The van der Waals surface area contributed by atoms with Crippen molar-refractivity contribution in [3.05, 3.63) is 12.2 Å². The molecule has 0 saturated carbocycles. The molecular formula is C6H7NOS. The molecule has 1 fully saturated rings. The largest absolute Gasteiger partial charge is 0.320 e. The van der Waals surface area contributed by atoms with Crippen LogP contribution in [-0.4, -0.2) is 10.9 Å². The first kappa shape index (κ1) is 6.42. The van der Waals surface area contributed by atoms with Crippen molar-refractivity contribution in [1.82, 2.24) is 5.32 Å². The van der Waals surface area contributed by atoms with Crippen molar-refractivity contribution in [3.8, 4) is 0 Å². The van der Waals surface area contributed by atoms with Crippen LogP contribution in [0.4, 0.5) is 0 Å². The van der Waals surface area contributed by atoms with E-state index in [2.05, 4.69) is 11.9 Å². The van der Waals surface area contributed by atoms with Crippen molar-refractivity contribution in [2.24, 2.45) is 0 Å². The summed E-state index contributed by atoms with van der Waals surface area (Å²) in [5, 5.41) is 2.54. The number of rotatable bonds is 0. The van der Waals surface area contributed by atoms with E-state index in [9.17, 15) is 4.79 Å². The highest BCUT2D eigenvalue weighted by atomic mass is 32.1. The van der Waals surface area contributed by atoms with E-state index in [0.717, 1.165) is 5.57 Å². The fraction of sp³-hybridized carbons (Fsp3) is 0.333. The number of carbonyl (C=O) groups excluding carboxylic acids is 1. The van der Waals surface area contributed by atoms with E-state index in [4.69, 9.17) is 12.2 Å². The molecular weight excluding hydrogens is 134 g/mol. The van der Waals surface area contributed by atoms with E-state index in [-0.39, 0.29) is 5.91 Å². The van der Waals surface area contributed by atoms with Gasteiger partial charge >= 0.3 is 0 Å². The summed E-state index contributed by atoms with van der Waals surface area (Å²) in [6.45, 7) is 3.67. The minimum atomic E-state index is -0.0312. The van der Waals surface area contributed by atoms with Gasteiger partial charge in [-0.2, -0.15) is 0 Å². The van der Waals surface area contributed by atoms with Crippen molar-refractivity contribution in [3.63, 3.8) is 0 Å². The number of thiocarbonyl (C=S) groups is 1. The Balaban J connectivity index is 2.64. The molecule has 0 unspecified atom stereocenters. The van der Waals surface area contributed by atoms with E-state index in [0.29, 0.717) is 17.8 Å². The molecule has 2 nitrogen and oxygen atoms in total. The topological polar surface area (TPSA) is 29.1 Å². The van der Waals surface area contributed by atoms with Crippen LogP contribution >= 0.6 is 12.2 Å². The van der Waals surface area contributed by atoms with Gasteiger partial charge in [0.25, 0.3) is 0 Å². The van der Waals surface area contributed by atoms with Crippen LogP contribution < -0.4 is 5.32 Å². The fourth-order valence-corrected chi connectivity index (χ4v) is 1.08. The highest BCUT2D eigenvalue weighted by molar-refractivity contribution is 7.80. The zero-order valence-electron chi connectivity index (χ0n) is 4.94. The maximum absolute atomic E-state index is 10.6. The Morgan fingerprint density at radius 2 is 2.22 bits per heavy atom. The van der Waals surface area contributed by atoms with Gasteiger partial charge in [0.2, 0.25) is 5.91 Å². The first-order chi connectivity index (χ1) is 4.18. The second-order valence-electron chi connectivity index (χ2n) is 2.07. The zero-order chi connectivity index (χ0) is 6.85. The Hall–Kier alpha value is -0.700. The molecule has 1 heterocycles. The van der Waals surface area contributed by atoms with Gasteiger partial charge in [0.15, 0.2) is 0 Å². The Labute approximate surface area is 58.9 Å². The van der Waals surface area contributed by atoms with Crippen molar-refractivity contribution < 1.29 is 4.79 Å². The molecule has 0 aromatic carbocycles. The zero-order valence-corrected chi connectivity index (χ0v) is 5.75. The molecule has 48 valence electrons. The molecule has 0 spiro atoms. The molecule has 0 atom stereocenters. The van der Waals surface area contributed by atoms with Crippen LogP contribution in [0, 0.1) is 0 Å². The molecule has 0 radical (unpaired) electrons. The number of hydrogen-bond acceptors (Lipinski definition) is 2. The van der Waals surface area contributed by atoms with Crippen molar-refractivity contribution in [2.45, 2.75) is 12.8 Å². The maximum Gasteiger partial charge on any atom is 0.228 e. The predicted molar refractivity (Wildman–Crippen MR) is 39.1 cm³/mol. The molecule has 0 bridgehead atoms. The Kier molecular flexibility index (Phi) is 1.62. The van der Waals surface area contributed by atoms with Gasteiger partial charge in [-0.05, 0) is 0 Å². The standard InChI is InChI=1S/C6H7NOS/c1-4-2-5(8)7-6(9)3-4/h1-3H2,(H,7,8,9). The van der Waals surface area contributed by atoms with E-state index >= 15 is 0 Å². The van der Waals surface area contributed by atoms with Crippen molar-refractivity contribution in [1.29, 1.82) is 0 Å². The summed E-state index contributed by atoms with van der Waals surface area (Å²) in [5.74, 6) is -0.0312. The second kappa shape index (κ2) is 2.27. The molecule has 1 aliphatic heterocycles. The lowest BCUT2D eigenvalue weighted by Gasteiger charge is -2.13. The van der Waals surface area contributed by atoms with Gasteiger partial charge in [0.05, 0.1) is 4.99 Å². The highest BCUT2D eigenvalue weighted by Crippen LogP contribution is 2.09. The van der Waals surface area contributed by atoms with Gasteiger partial charge in [0, 0.05) is 12.8 Å². The van der Waals surface area contributed by atoms with Crippen LogP contribution in [0.2, 0.25) is 0 Å². The van der Waals surface area contributed by atoms with Gasteiger partial charge < -0.3 is 5.32 Å². The SMILES string of the molecule is C=C1CC(=O)NC(=S)C1. The molecule has 0 aromatic rings. The third-order valence-electron chi connectivity index (χ3n) is 1.10. The quantitative estimate of drug-likeness (QED) is 0.399. The van der Waals surface area contributed by atoms with E-state index in [1.54, 1.807) is 0 Å². The molecule has 0 aromatic heterocycles. The van der Waals surface area contributed by atoms with Gasteiger partial charge in [-0.1, -0.05) is 24.4 Å². The number of piperidine rings is 1. The van der Waals surface area contributed by atoms with E-state index in [1.165, 1.54) is 0 Å². The minimum absolute atomic E-state index is 0.0312. The van der Waals surface area contributed by atoms with E-state index in [1.807, 2.05) is 0 Å². The smallest absolute Gasteiger partial charge is 0.228 e. The fourth-order valence-electron chi connectivity index (χ4n) is 0.761. The predicted octanol–water partition coefficient (Wildman–Crippen LogP) is 0.780. The summed E-state index contributed by atoms with van der Waals surface area (Å²) in [7, 11) is 0. The Morgan fingerprint density at radius 1 is 1.56 bits per heavy atom. The lowest BCUT2D eigenvalue weighted by molar-refractivity contribution is -0.119. The van der Waals surface area contributed by atoms with Gasteiger partial charge in [-0.25, -0.2) is 0 Å².